The first-order chi connectivity index (χ1) is 12.3. The van der Waals surface area contributed by atoms with E-state index in [1.165, 1.54) is 0 Å². The molecule has 0 spiro atoms. The van der Waals surface area contributed by atoms with Crippen LogP contribution >= 0.6 is 0 Å². The number of ether oxygens (including phenoxy) is 1. The Morgan fingerprint density at radius 3 is 2.52 bits per heavy atom. The second kappa shape index (κ2) is 6.97. The van der Waals surface area contributed by atoms with Crippen molar-refractivity contribution in [2.45, 2.75) is 26.0 Å². The van der Waals surface area contributed by atoms with Crippen LogP contribution in [-0.2, 0) is 17.9 Å². The lowest BCUT2D eigenvalue weighted by Gasteiger charge is -2.17. The predicted octanol–water partition coefficient (Wildman–Crippen LogP) is 3.24. The van der Waals surface area contributed by atoms with E-state index in [9.17, 15) is 4.79 Å². The van der Waals surface area contributed by atoms with Crippen molar-refractivity contribution in [2.24, 2.45) is 0 Å². The summed E-state index contributed by atoms with van der Waals surface area (Å²) in [5.41, 5.74) is 1.87. The third-order valence-corrected chi connectivity index (χ3v) is 4.60. The van der Waals surface area contributed by atoms with Crippen molar-refractivity contribution < 1.29 is 9.53 Å². The topological polar surface area (TPSA) is 47.4 Å². The van der Waals surface area contributed by atoms with Crippen molar-refractivity contribution in [2.75, 3.05) is 13.1 Å². The molecule has 1 aromatic heterocycles. The molecule has 4 rings (SSSR count). The fraction of sp³-hybridized carbons (Fsp3) is 0.300. The molecule has 0 N–H and O–H groups in total. The molecule has 0 aliphatic carbocycles. The van der Waals surface area contributed by atoms with Gasteiger partial charge in [-0.05, 0) is 37.1 Å². The lowest BCUT2D eigenvalue weighted by atomic mass is 10.3. The van der Waals surface area contributed by atoms with E-state index < -0.39 is 0 Å². The predicted molar refractivity (Wildman–Crippen MR) is 96.3 cm³/mol. The van der Waals surface area contributed by atoms with E-state index in [0.29, 0.717) is 13.2 Å². The molecule has 5 nitrogen and oxygen atoms in total. The summed E-state index contributed by atoms with van der Waals surface area (Å²) < 4.78 is 7.85. The van der Waals surface area contributed by atoms with E-state index in [1.54, 1.807) is 0 Å². The van der Waals surface area contributed by atoms with E-state index in [1.807, 2.05) is 64.1 Å². The van der Waals surface area contributed by atoms with Crippen LogP contribution in [0.15, 0.2) is 54.6 Å². The van der Waals surface area contributed by atoms with Gasteiger partial charge in [0.05, 0.1) is 11.0 Å². The zero-order chi connectivity index (χ0) is 17.1. The van der Waals surface area contributed by atoms with Gasteiger partial charge in [-0.15, -0.1) is 0 Å². The van der Waals surface area contributed by atoms with Crippen molar-refractivity contribution >= 4 is 16.9 Å². The van der Waals surface area contributed by atoms with Crippen LogP contribution in [0.2, 0.25) is 0 Å². The Bertz CT molecular complexity index is 867. The molecule has 2 aromatic carbocycles. The van der Waals surface area contributed by atoms with Gasteiger partial charge in [-0.25, -0.2) is 4.98 Å². The van der Waals surface area contributed by atoms with Gasteiger partial charge in [0.25, 0.3) is 0 Å². The van der Waals surface area contributed by atoms with Crippen LogP contribution < -0.4 is 4.74 Å². The fourth-order valence-electron chi connectivity index (χ4n) is 3.28. The molecule has 1 aliphatic rings. The van der Waals surface area contributed by atoms with E-state index >= 15 is 0 Å². The lowest BCUT2D eigenvalue weighted by molar-refractivity contribution is -0.130. The number of nitrogens with zero attached hydrogens (tertiary/aromatic N) is 3. The van der Waals surface area contributed by atoms with Gasteiger partial charge in [-0.3, -0.25) is 4.79 Å². The van der Waals surface area contributed by atoms with Gasteiger partial charge in [0.1, 0.15) is 24.7 Å². The van der Waals surface area contributed by atoms with Gasteiger partial charge in [0, 0.05) is 13.1 Å². The summed E-state index contributed by atoms with van der Waals surface area (Å²) >= 11 is 0. The zero-order valence-corrected chi connectivity index (χ0v) is 14.1. The number of amides is 1. The summed E-state index contributed by atoms with van der Waals surface area (Å²) in [7, 11) is 0. The smallest absolute Gasteiger partial charge is 0.242 e. The Morgan fingerprint density at radius 1 is 1.00 bits per heavy atom. The highest BCUT2D eigenvalue weighted by atomic mass is 16.5. The number of fused-ring (bicyclic) bond motifs is 1. The number of carbonyl (C=O) groups excluding carboxylic acids is 1. The zero-order valence-electron chi connectivity index (χ0n) is 14.1. The van der Waals surface area contributed by atoms with Crippen LogP contribution in [0.5, 0.6) is 5.75 Å². The molecule has 1 saturated heterocycles. The van der Waals surface area contributed by atoms with E-state index in [0.717, 1.165) is 48.5 Å². The van der Waals surface area contributed by atoms with Gasteiger partial charge in [0.2, 0.25) is 5.91 Å². The van der Waals surface area contributed by atoms with Crippen LogP contribution in [0.4, 0.5) is 0 Å². The second-order valence-corrected chi connectivity index (χ2v) is 6.29. The molecule has 0 atom stereocenters. The molecule has 1 fully saturated rings. The van der Waals surface area contributed by atoms with Crippen LogP contribution in [-0.4, -0.2) is 33.4 Å². The molecular formula is C20H21N3O2. The third kappa shape index (κ3) is 3.36. The second-order valence-electron chi connectivity index (χ2n) is 6.29. The molecule has 3 aromatic rings. The fourth-order valence-corrected chi connectivity index (χ4v) is 3.28. The Morgan fingerprint density at radius 2 is 1.72 bits per heavy atom. The van der Waals surface area contributed by atoms with Crippen molar-refractivity contribution in [1.82, 2.24) is 14.5 Å². The minimum absolute atomic E-state index is 0.154. The average Bonchev–Trinajstić information content (AvgIpc) is 3.30. The minimum atomic E-state index is 0.154. The monoisotopic (exact) mass is 335 g/mol. The normalized spacial score (nSPS) is 14.2. The summed E-state index contributed by atoms with van der Waals surface area (Å²) in [4.78, 5) is 19.2. The third-order valence-electron chi connectivity index (χ3n) is 4.60. The van der Waals surface area contributed by atoms with Gasteiger partial charge in [-0.2, -0.15) is 0 Å². The summed E-state index contributed by atoms with van der Waals surface area (Å²) in [5, 5.41) is 0. The first-order valence-corrected chi connectivity index (χ1v) is 8.71. The number of benzene rings is 2. The van der Waals surface area contributed by atoms with Crippen molar-refractivity contribution in [1.29, 1.82) is 0 Å². The van der Waals surface area contributed by atoms with Crippen molar-refractivity contribution in [3.05, 3.63) is 60.4 Å². The molecule has 1 aliphatic heterocycles. The Kier molecular flexibility index (Phi) is 4.37. The molecule has 5 heteroatoms. The van der Waals surface area contributed by atoms with Crippen LogP contribution in [0.1, 0.15) is 18.7 Å². The molecule has 25 heavy (non-hydrogen) atoms. The number of para-hydroxylation sites is 3. The number of rotatable bonds is 5. The number of hydrogen-bond acceptors (Lipinski definition) is 3. The van der Waals surface area contributed by atoms with Gasteiger partial charge < -0.3 is 14.2 Å². The lowest BCUT2D eigenvalue weighted by Crippen LogP contribution is -2.31. The van der Waals surface area contributed by atoms with Gasteiger partial charge in [-0.1, -0.05) is 30.3 Å². The molecule has 0 radical (unpaired) electrons. The number of carbonyl (C=O) groups is 1. The quantitative estimate of drug-likeness (QED) is 0.719. The average molecular weight is 335 g/mol. The Labute approximate surface area is 146 Å². The number of likely N-dealkylation sites (tertiary alicyclic amines) is 1. The van der Waals surface area contributed by atoms with Gasteiger partial charge in [0.15, 0.2) is 0 Å². The maximum atomic E-state index is 12.6. The standard InChI is InChI=1S/C20H21N3O2/c24-20(22-12-6-7-13-22)14-23-18-11-5-4-10-17(18)21-19(23)15-25-16-8-2-1-3-9-16/h1-5,8-11H,6-7,12-15H2. The number of hydrogen-bond donors (Lipinski definition) is 0. The van der Waals surface area contributed by atoms with Crippen molar-refractivity contribution in [3.8, 4) is 5.75 Å². The maximum absolute atomic E-state index is 12.6. The van der Waals surface area contributed by atoms with Crippen molar-refractivity contribution in [3.63, 3.8) is 0 Å². The molecule has 128 valence electrons. The summed E-state index contributed by atoms with van der Waals surface area (Å²) in [6.07, 6.45) is 2.20. The SMILES string of the molecule is O=C(Cn1c(COc2ccccc2)nc2ccccc21)N1CCCC1. The van der Waals surface area contributed by atoms with Crippen LogP contribution in [0.25, 0.3) is 11.0 Å². The number of aromatic nitrogens is 2. The Balaban J connectivity index is 1.60. The number of imidazole rings is 1. The molecule has 0 bridgehead atoms. The highest BCUT2D eigenvalue weighted by Crippen LogP contribution is 2.19. The first-order valence-electron chi connectivity index (χ1n) is 8.71. The van der Waals surface area contributed by atoms with E-state index in [-0.39, 0.29) is 5.91 Å². The highest BCUT2D eigenvalue weighted by Gasteiger charge is 2.21. The summed E-state index contributed by atoms with van der Waals surface area (Å²) in [5.74, 6) is 1.73. The molecular weight excluding hydrogens is 314 g/mol. The molecule has 0 unspecified atom stereocenters. The molecule has 1 amide bonds. The van der Waals surface area contributed by atoms with Crippen LogP contribution in [0.3, 0.4) is 0 Å². The van der Waals surface area contributed by atoms with E-state index in [4.69, 9.17) is 4.74 Å². The van der Waals surface area contributed by atoms with Crippen LogP contribution in [0, 0.1) is 0 Å². The molecule has 0 saturated carbocycles. The molecule has 2 heterocycles. The van der Waals surface area contributed by atoms with Gasteiger partial charge >= 0.3 is 0 Å². The largest absolute Gasteiger partial charge is 0.486 e. The maximum Gasteiger partial charge on any atom is 0.242 e. The summed E-state index contributed by atoms with van der Waals surface area (Å²) in [6, 6.07) is 17.6. The summed E-state index contributed by atoms with van der Waals surface area (Å²) in [6.45, 7) is 2.38. The highest BCUT2D eigenvalue weighted by molar-refractivity contribution is 5.81. The first kappa shape index (κ1) is 15.7. The Hall–Kier alpha value is -2.82. The minimum Gasteiger partial charge on any atom is -0.486 e. The van der Waals surface area contributed by atoms with E-state index in [2.05, 4.69) is 4.98 Å².